The van der Waals surface area contributed by atoms with E-state index in [1.165, 1.54) is 19.3 Å². The zero-order chi connectivity index (χ0) is 12.5. The molecule has 0 aliphatic heterocycles. The number of rotatable bonds is 8. The average Bonchev–Trinajstić information content (AvgIpc) is 2.29. The molecule has 96 valence electrons. The molecule has 0 bridgehead atoms. The fraction of sp³-hybridized carbons (Fsp3) is 0.643. The van der Waals surface area contributed by atoms with E-state index in [1.807, 2.05) is 25.1 Å². The molecular formula is C14H24N2O. The molecule has 0 aliphatic rings. The summed E-state index contributed by atoms with van der Waals surface area (Å²) in [6, 6.07) is 5.83. The lowest BCUT2D eigenvalue weighted by atomic mass is 10.1. The van der Waals surface area contributed by atoms with Crippen molar-refractivity contribution in [1.82, 2.24) is 4.98 Å². The third kappa shape index (κ3) is 6.15. The smallest absolute Gasteiger partial charge is 0.215 e. The van der Waals surface area contributed by atoms with Crippen molar-refractivity contribution in [2.24, 2.45) is 5.92 Å². The number of ether oxygens (including phenoxy) is 1. The molecule has 1 aromatic heterocycles. The van der Waals surface area contributed by atoms with Gasteiger partial charge in [0, 0.05) is 12.6 Å². The average molecular weight is 236 g/mol. The van der Waals surface area contributed by atoms with Crippen LogP contribution < -0.4 is 10.1 Å². The van der Waals surface area contributed by atoms with E-state index in [1.54, 1.807) is 0 Å². The molecule has 3 nitrogen and oxygen atoms in total. The first-order chi connectivity index (χ1) is 8.22. The molecule has 0 saturated carbocycles. The summed E-state index contributed by atoms with van der Waals surface area (Å²) in [4.78, 5) is 4.36. The van der Waals surface area contributed by atoms with E-state index in [2.05, 4.69) is 24.1 Å². The Kier molecular flexibility index (Phi) is 6.45. The summed E-state index contributed by atoms with van der Waals surface area (Å²) < 4.78 is 5.35. The lowest BCUT2D eigenvalue weighted by Crippen LogP contribution is -2.04. The van der Waals surface area contributed by atoms with Crippen LogP contribution >= 0.6 is 0 Å². The van der Waals surface area contributed by atoms with Crippen molar-refractivity contribution in [1.29, 1.82) is 0 Å². The predicted octanol–water partition coefficient (Wildman–Crippen LogP) is 3.72. The normalized spacial score (nSPS) is 10.6. The lowest BCUT2D eigenvalue weighted by molar-refractivity contribution is 0.327. The summed E-state index contributed by atoms with van der Waals surface area (Å²) >= 11 is 0. The molecule has 1 N–H and O–H groups in total. The number of nitrogens with zero attached hydrogens (tertiary/aromatic N) is 1. The second-order valence-electron chi connectivity index (χ2n) is 4.61. The highest BCUT2D eigenvalue weighted by atomic mass is 16.5. The van der Waals surface area contributed by atoms with Gasteiger partial charge in [0.05, 0.1) is 6.61 Å². The predicted molar refractivity (Wildman–Crippen MR) is 72.6 cm³/mol. The molecule has 0 saturated heterocycles. The monoisotopic (exact) mass is 236 g/mol. The van der Waals surface area contributed by atoms with E-state index in [4.69, 9.17) is 4.74 Å². The Morgan fingerprint density at radius 3 is 2.82 bits per heavy atom. The maximum atomic E-state index is 5.35. The zero-order valence-corrected chi connectivity index (χ0v) is 11.2. The molecule has 0 amide bonds. The van der Waals surface area contributed by atoms with Crippen LogP contribution in [0.1, 0.15) is 40.0 Å². The second-order valence-corrected chi connectivity index (χ2v) is 4.61. The molecule has 17 heavy (non-hydrogen) atoms. The summed E-state index contributed by atoms with van der Waals surface area (Å²) in [5.41, 5.74) is 0. The van der Waals surface area contributed by atoms with E-state index in [0.717, 1.165) is 18.3 Å². The molecule has 1 aromatic rings. The summed E-state index contributed by atoms with van der Waals surface area (Å²) in [5.74, 6) is 2.40. The van der Waals surface area contributed by atoms with Crippen LogP contribution in [0.25, 0.3) is 0 Å². The van der Waals surface area contributed by atoms with Gasteiger partial charge in [-0.25, -0.2) is 0 Å². The van der Waals surface area contributed by atoms with Crippen LogP contribution in [0.2, 0.25) is 0 Å². The fourth-order valence-electron chi connectivity index (χ4n) is 1.64. The number of hydrogen-bond acceptors (Lipinski definition) is 3. The standard InChI is InChI=1S/C14H24N2O/c1-4-17-14-10-7-9-13(16-14)15-11-6-5-8-12(2)3/h7,9-10,12H,4-6,8,11H2,1-3H3,(H,15,16). The molecule has 0 unspecified atom stereocenters. The first-order valence-corrected chi connectivity index (χ1v) is 6.56. The SMILES string of the molecule is CCOc1cccc(NCCCCC(C)C)n1. The Bertz CT molecular complexity index is 313. The topological polar surface area (TPSA) is 34.1 Å². The van der Waals surface area contributed by atoms with Crippen LogP contribution in [-0.4, -0.2) is 18.1 Å². The minimum atomic E-state index is 0.658. The van der Waals surface area contributed by atoms with Gasteiger partial charge in [0.2, 0.25) is 5.88 Å². The van der Waals surface area contributed by atoms with Crippen molar-refractivity contribution in [3.63, 3.8) is 0 Å². The first-order valence-electron chi connectivity index (χ1n) is 6.56. The number of hydrogen-bond donors (Lipinski definition) is 1. The quantitative estimate of drug-likeness (QED) is 0.698. The van der Waals surface area contributed by atoms with Crippen LogP contribution in [0, 0.1) is 5.92 Å². The minimum absolute atomic E-state index is 0.658. The maximum Gasteiger partial charge on any atom is 0.215 e. The Labute approximate surface area is 105 Å². The van der Waals surface area contributed by atoms with E-state index in [0.29, 0.717) is 12.5 Å². The van der Waals surface area contributed by atoms with E-state index in [9.17, 15) is 0 Å². The fourth-order valence-corrected chi connectivity index (χ4v) is 1.64. The highest BCUT2D eigenvalue weighted by Crippen LogP contribution is 2.12. The zero-order valence-electron chi connectivity index (χ0n) is 11.2. The van der Waals surface area contributed by atoms with Gasteiger partial charge in [-0.05, 0) is 25.3 Å². The van der Waals surface area contributed by atoms with E-state index < -0.39 is 0 Å². The second kappa shape index (κ2) is 7.93. The molecule has 0 spiro atoms. The number of nitrogens with one attached hydrogen (secondary N) is 1. The van der Waals surface area contributed by atoms with Gasteiger partial charge in [-0.1, -0.05) is 32.8 Å². The van der Waals surface area contributed by atoms with Crippen molar-refractivity contribution in [2.75, 3.05) is 18.5 Å². The number of pyridine rings is 1. The highest BCUT2D eigenvalue weighted by molar-refractivity contribution is 5.36. The van der Waals surface area contributed by atoms with Gasteiger partial charge in [-0.15, -0.1) is 0 Å². The molecule has 1 heterocycles. The van der Waals surface area contributed by atoms with Gasteiger partial charge in [0.1, 0.15) is 5.82 Å². The van der Waals surface area contributed by atoms with Gasteiger partial charge in [-0.3, -0.25) is 0 Å². The van der Waals surface area contributed by atoms with Crippen LogP contribution in [0.15, 0.2) is 18.2 Å². The van der Waals surface area contributed by atoms with Gasteiger partial charge in [0.15, 0.2) is 0 Å². The first kappa shape index (κ1) is 13.8. The van der Waals surface area contributed by atoms with Crippen molar-refractivity contribution in [3.8, 4) is 5.88 Å². The molecule has 0 aromatic carbocycles. The van der Waals surface area contributed by atoms with E-state index in [-0.39, 0.29) is 0 Å². The van der Waals surface area contributed by atoms with Gasteiger partial charge >= 0.3 is 0 Å². The maximum absolute atomic E-state index is 5.35. The molecule has 3 heteroatoms. The minimum Gasteiger partial charge on any atom is -0.478 e. The van der Waals surface area contributed by atoms with Gasteiger partial charge in [-0.2, -0.15) is 4.98 Å². The largest absolute Gasteiger partial charge is 0.478 e. The molecule has 0 aliphatic carbocycles. The Balaban J connectivity index is 2.24. The molecule has 1 rings (SSSR count). The van der Waals surface area contributed by atoms with Crippen molar-refractivity contribution >= 4 is 5.82 Å². The molecular weight excluding hydrogens is 212 g/mol. The van der Waals surface area contributed by atoms with Crippen LogP contribution in [0.4, 0.5) is 5.82 Å². The van der Waals surface area contributed by atoms with Crippen molar-refractivity contribution < 1.29 is 4.74 Å². The van der Waals surface area contributed by atoms with Crippen LogP contribution in [-0.2, 0) is 0 Å². The number of aromatic nitrogens is 1. The van der Waals surface area contributed by atoms with Crippen LogP contribution in [0.3, 0.4) is 0 Å². The molecule has 0 atom stereocenters. The van der Waals surface area contributed by atoms with Crippen LogP contribution in [0.5, 0.6) is 5.88 Å². The lowest BCUT2D eigenvalue weighted by Gasteiger charge is -2.08. The summed E-state index contributed by atoms with van der Waals surface area (Å²) in [6.07, 6.45) is 3.77. The molecule has 0 radical (unpaired) electrons. The Morgan fingerprint density at radius 2 is 2.12 bits per heavy atom. The number of anilines is 1. The Hall–Kier alpha value is -1.25. The molecule has 0 fully saturated rings. The summed E-state index contributed by atoms with van der Waals surface area (Å²) in [7, 11) is 0. The Morgan fingerprint density at radius 1 is 1.29 bits per heavy atom. The third-order valence-electron chi connectivity index (χ3n) is 2.53. The van der Waals surface area contributed by atoms with Crippen molar-refractivity contribution in [3.05, 3.63) is 18.2 Å². The van der Waals surface area contributed by atoms with Crippen molar-refractivity contribution in [2.45, 2.75) is 40.0 Å². The van der Waals surface area contributed by atoms with E-state index >= 15 is 0 Å². The van der Waals surface area contributed by atoms with Gasteiger partial charge in [0.25, 0.3) is 0 Å². The highest BCUT2D eigenvalue weighted by Gasteiger charge is 1.98. The summed E-state index contributed by atoms with van der Waals surface area (Å²) in [6.45, 7) is 8.13. The number of unbranched alkanes of at least 4 members (excludes halogenated alkanes) is 1. The third-order valence-corrected chi connectivity index (χ3v) is 2.53. The van der Waals surface area contributed by atoms with Gasteiger partial charge < -0.3 is 10.1 Å². The summed E-state index contributed by atoms with van der Waals surface area (Å²) in [5, 5.41) is 3.33.